The van der Waals surface area contributed by atoms with Gasteiger partial charge in [-0.2, -0.15) is 11.8 Å². The third-order valence-corrected chi connectivity index (χ3v) is 4.84. The number of rotatable bonds is 10. The first-order valence-corrected chi connectivity index (χ1v) is 10.7. The van der Waals surface area contributed by atoms with E-state index >= 15 is 0 Å². The first-order valence-electron chi connectivity index (χ1n) is 9.35. The van der Waals surface area contributed by atoms with Crippen LogP contribution in [0.25, 0.3) is 0 Å². The number of carbonyl (C=O) groups is 2. The van der Waals surface area contributed by atoms with Crippen molar-refractivity contribution >= 4 is 23.8 Å². The molecular weight excluding hydrogens is 374 g/mol. The lowest BCUT2D eigenvalue weighted by atomic mass is 10.1. The summed E-state index contributed by atoms with van der Waals surface area (Å²) in [6, 6.07) is 18.3. The Morgan fingerprint density at radius 3 is 2.29 bits per heavy atom. The number of alkyl carbamates (subject to hydrolysis) is 1. The maximum atomic E-state index is 12.7. The maximum absolute atomic E-state index is 12.7. The largest absolute Gasteiger partial charge is 0.456 e. The summed E-state index contributed by atoms with van der Waals surface area (Å²) in [6.45, 7) is 2.11. The minimum absolute atomic E-state index is 0.151. The van der Waals surface area contributed by atoms with Crippen molar-refractivity contribution in [1.29, 1.82) is 0 Å². The molecule has 28 heavy (non-hydrogen) atoms. The van der Waals surface area contributed by atoms with E-state index < -0.39 is 18.1 Å². The van der Waals surface area contributed by atoms with E-state index in [1.54, 1.807) is 11.8 Å². The predicted octanol–water partition coefficient (Wildman–Crippen LogP) is 4.73. The fraction of sp³-hybridized carbons (Fsp3) is 0.364. The molecule has 2 aromatic carbocycles. The maximum Gasteiger partial charge on any atom is 0.408 e. The van der Waals surface area contributed by atoms with Crippen LogP contribution in [0.5, 0.6) is 0 Å². The van der Waals surface area contributed by atoms with Gasteiger partial charge >= 0.3 is 12.1 Å². The molecule has 2 aromatic rings. The van der Waals surface area contributed by atoms with E-state index in [1.165, 1.54) is 0 Å². The number of nitrogens with one attached hydrogen (secondary N) is 1. The zero-order valence-corrected chi connectivity index (χ0v) is 17.1. The van der Waals surface area contributed by atoms with Gasteiger partial charge < -0.3 is 14.8 Å². The van der Waals surface area contributed by atoms with Crippen molar-refractivity contribution in [2.75, 3.05) is 12.0 Å². The second-order valence-electron chi connectivity index (χ2n) is 6.28. The Morgan fingerprint density at radius 1 is 1.04 bits per heavy atom. The Labute approximate surface area is 170 Å². The highest BCUT2D eigenvalue weighted by atomic mass is 32.2. The van der Waals surface area contributed by atoms with Crippen molar-refractivity contribution in [3.05, 3.63) is 71.8 Å². The lowest BCUT2D eigenvalue weighted by Crippen LogP contribution is -2.42. The molecule has 0 bridgehead atoms. The Kier molecular flexibility index (Phi) is 9.42. The lowest BCUT2D eigenvalue weighted by molar-refractivity contribution is -0.152. The van der Waals surface area contributed by atoms with E-state index in [1.807, 2.05) is 73.8 Å². The second-order valence-corrected chi connectivity index (χ2v) is 7.27. The van der Waals surface area contributed by atoms with Crippen LogP contribution in [-0.2, 0) is 20.9 Å². The fourth-order valence-electron chi connectivity index (χ4n) is 2.67. The predicted molar refractivity (Wildman–Crippen MR) is 112 cm³/mol. The van der Waals surface area contributed by atoms with Crippen LogP contribution in [0.15, 0.2) is 60.7 Å². The van der Waals surface area contributed by atoms with Gasteiger partial charge in [-0.25, -0.2) is 9.59 Å². The number of ether oxygens (including phenoxy) is 2. The van der Waals surface area contributed by atoms with Crippen molar-refractivity contribution in [1.82, 2.24) is 5.32 Å². The number of carbonyl (C=O) groups excluding carboxylic acids is 2. The first kappa shape index (κ1) is 21.8. The Hall–Kier alpha value is -2.47. The summed E-state index contributed by atoms with van der Waals surface area (Å²) >= 11 is 1.61. The minimum atomic E-state index is -0.742. The third-order valence-electron chi connectivity index (χ3n) is 4.20. The van der Waals surface area contributed by atoms with Gasteiger partial charge in [0.25, 0.3) is 0 Å². The molecule has 0 aliphatic rings. The van der Waals surface area contributed by atoms with Gasteiger partial charge in [0.2, 0.25) is 0 Å². The minimum Gasteiger partial charge on any atom is -0.456 e. The summed E-state index contributed by atoms with van der Waals surface area (Å²) in [7, 11) is 0. The molecule has 0 aliphatic carbocycles. The third kappa shape index (κ3) is 7.27. The van der Waals surface area contributed by atoms with Gasteiger partial charge in [0, 0.05) is 0 Å². The van der Waals surface area contributed by atoms with Crippen molar-refractivity contribution in [3.63, 3.8) is 0 Å². The highest BCUT2D eigenvalue weighted by Crippen LogP contribution is 2.21. The monoisotopic (exact) mass is 401 g/mol. The summed E-state index contributed by atoms with van der Waals surface area (Å²) in [5.41, 5.74) is 1.82. The van der Waals surface area contributed by atoms with Gasteiger partial charge in [-0.05, 0) is 36.0 Å². The molecule has 0 radical (unpaired) electrons. The number of benzene rings is 2. The Bertz CT molecular complexity index is 724. The molecule has 2 atom stereocenters. The average Bonchev–Trinajstić information content (AvgIpc) is 2.74. The molecule has 6 heteroatoms. The molecule has 150 valence electrons. The van der Waals surface area contributed by atoms with Gasteiger partial charge in [0.15, 0.2) is 0 Å². The van der Waals surface area contributed by atoms with Crippen LogP contribution in [0, 0.1) is 0 Å². The first-order chi connectivity index (χ1) is 13.6. The molecule has 0 saturated heterocycles. The fourth-order valence-corrected chi connectivity index (χ4v) is 3.14. The molecule has 0 aliphatic heterocycles. The highest BCUT2D eigenvalue weighted by Gasteiger charge is 2.25. The van der Waals surface area contributed by atoms with E-state index in [0.29, 0.717) is 12.8 Å². The molecule has 0 heterocycles. The lowest BCUT2D eigenvalue weighted by Gasteiger charge is -2.22. The Balaban J connectivity index is 1.94. The summed E-state index contributed by atoms with van der Waals surface area (Å²) < 4.78 is 10.9. The van der Waals surface area contributed by atoms with E-state index in [4.69, 9.17) is 9.47 Å². The summed E-state index contributed by atoms with van der Waals surface area (Å²) in [4.78, 5) is 24.9. The van der Waals surface area contributed by atoms with Crippen LogP contribution < -0.4 is 5.32 Å². The van der Waals surface area contributed by atoms with Gasteiger partial charge in [-0.1, -0.05) is 67.6 Å². The number of esters is 1. The van der Waals surface area contributed by atoms with Crippen LogP contribution >= 0.6 is 11.8 Å². The molecule has 0 spiro atoms. The summed E-state index contributed by atoms with van der Waals surface area (Å²) in [6.07, 6.45) is 2.12. The van der Waals surface area contributed by atoms with Crippen LogP contribution in [-0.4, -0.2) is 30.1 Å². The number of hydrogen-bond donors (Lipinski definition) is 1. The summed E-state index contributed by atoms with van der Waals surface area (Å²) in [5, 5.41) is 2.65. The number of thioether (sulfide) groups is 1. The van der Waals surface area contributed by atoms with Crippen LogP contribution in [0.2, 0.25) is 0 Å². The van der Waals surface area contributed by atoms with E-state index in [-0.39, 0.29) is 12.7 Å². The number of amides is 1. The molecule has 0 fully saturated rings. The van der Waals surface area contributed by atoms with Gasteiger partial charge in [-0.3, -0.25) is 0 Å². The molecule has 2 rings (SSSR count). The van der Waals surface area contributed by atoms with Crippen molar-refractivity contribution in [3.8, 4) is 0 Å². The standard InChI is InChI=1S/C22H27NO4S/c1-3-20(18-12-8-5-9-13-18)27-21(24)19(14-15-28-2)23-22(25)26-16-17-10-6-4-7-11-17/h4-13,19-20H,3,14-16H2,1-2H3,(H,23,25). The zero-order chi connectivity index (χ0) is 20.2. The average molecular weight is 402 g/mol. The van der Waals surface area contributed by atoms with Gasteiger partial charge in [0.1, 0.15) is 18.8 Å². The van der Waals surface area contributed by atoms with Crippen LogP contribution in [0.3, 0.4) is 0 Å². The quantitative estimate of drug-likeness (QED) is 0.583. The molecule has 5 nitrogen and oxygen atoms in total. The highest BCUT2D eigenvalue weighted by molar-refractivity contribution is 7.98. The molecule has 1 amide bonds. The molecular formula is C22H27NO4S. The van der Waals surface area contributed by atoms with Crippen LogP contribution in [0.4, 0.5) is 4.79 Å². The number of hydrogen-bond acceptors (Lipinski definition) is 5. The van der Waals surface area contributed by atoms with Crippen molar-refractivity contribution < 1.29 is 19.1 Å². The molecule has 0 saturated carbocycles. The second kappa shape index (κ2) is 12.1. The van der Waals surface area contributed by atoms with E-state index in [9.17, 15) is 9.59 Å². The topological polar surface area (TPSA) is 64.6 Å². The molecule has 2 unspecified atom stereocenters. The smallest absolute Gasteiger partial charge is 0.408 e. The van der Waals surface area contributed by atoms with Gasteiger partial charge in [0.05, 0.1) is 0 Å². The zero-order valence-electron chi connectivity index (χ0n) is 16.3. The van der Waals surface area contributed by atoms with E-state index in [2.05, 4.69) is 5.32 Å². The van der Waals surface area contributed by atoms with E-state index in [0.717, 1.165) is 16.9 Å². The summed E-state index contributed by atoms with van der Waals surface area (Å²) in [5.74, 6) is 0.280. The Morgan fingerprint density at radius 2 is 1.68 bits per heavy atom. The van der Waals surface area contributed by atoms with Crippen molar-refractivity contribution in [2.24, 2.45) is 0 Å². The molecule has 1 N–H and O–H groups in total. The molecule has 0 aromatic heterocycles. The van der Waals surface area contributed by atoms with Crippen molar-refractivity contribution in [2.45, 2.75) is 38.5 Å². The SMILES string of the molecule is CCC(OC(=O)C(CCSC)NC(=O)OCc1ccccc1)c1ccccc1. The van der Waals surface area contributed by atoms with Crippen LogP contribution in [0.1, 0.15) is 37.0 Å². The van der Waals surface area contributed by atoms with Gasteiger partial charge in [-0.15, -0.1) is 0 Å². The normalized spacial score (nSPS) is 12.6.